The molecule has 1 aliphatic rings. The highest BCUT2D eigenvalue weighted by molar-refractivity contribution is 7.10. The number of aliphatic imine (C=N–C) groups is 1. The molecule has 122 valence electrons. The fraction of sp³-hybridized carbons (Fsp3) is 0.625. The SMILES string of the molecule is CCCCCCNC(N)=NCC(=O)N1CCc2sccc2C1. The third-order valence-corrected chi connectivity index (χ3v) is 4.90. The molecule has 22 heavy (non-hydrogen) atoms. The zero-order valence-electron chi connectivity index (χ0n) is 13.3. The van der Waals surface area contributed by atoms with Gasteiger partial charge in [0.15, 0.2) is 5.96 Å². The molecule has 3 N–H and O–H groups in total. The van der Waals surface area contributed by atoms with Crippen LogP contribution in [0.4, 0.5) is 0 Å². The van der Waals surface area contributed by atoms with Crippen molar-refractivity contribution >= 4 is 23.2 Å². The lowest BCUT2D eigenvalue weighted by Gasteiger charge is -2.26. The van der Waals surface area contributed by atoms with Crippen LogP contribution in [0.25, 0.3) is 0 Å². The molecule has 0 aliphatic carbocycles. The van der Waals surface area contributed by atoms with Gasteiger partial charge in [-0.25, -0.2) is 4.99 Å². The van der Waals surface area contributed by atoms with E-state index in [4.69, 9.17) is 5.73 Å². The molecule has 1 aromatic rings. The fourth-order valence-corrected chi connectivity index (χ4v) is 3.43. The molecule has 1 amide bonds. The maximum atomic E-state index is 12.2. The fourth-order valence-electron chi connectivity index (χ4n) is 2.54. The number of guanidine groups is 1. The summed E-state index contributed by atoms with van der Waals surface area (Å²) in [6.45, 7) is 4.64. The van der Waals surface area contributed by atoms with E-state index < -0.39 is 0 Å². The van der Waals surface area contributed by atoms with Crippen LogP contribution in [0.1, 0.15) is 43.0 Å². The van der Waals surface area contributed by atoms with Gasteiger partial charge >= 0.3 is 0 Å². The van der Waals surface area contributed by atoms with E-state index in [1.807, 2.05) is 4.90 Å². The average Bonchev–Trinajstić information content (AvgIpc) is 2.99. The highest BCUT2D eigenvalue weighted by atomic mass is 32.1. The Labute approximate surface area is 136 Å². The summed E-state index contributed by atoms with van der Waals surface area (Å²) in [6.07, 6.45) is 5.71. The molecule has 0 radical (unpaired) electrons. The topological polar surface area (TPSA) is 70.7 Å². The second kappa shape index (κ2) is 8.78. The molecule has 0 saturated heterocycles. The Kier molecular flexibility index (Phi) is 6.71. The van der Waals surface area contributed by atoms with Gasteiger partial charge in [0.2, 0.25) is 5.91 Å². The van der Waals surface area contributed by atoms with Crippen LogP contribution in [-0.4, -0.2) is 36.4 Å². The summed E-state index contributed by atoms with van der Waals surface area (Å²) in [5.74, 6) is 0.422. The van der Waals surface area contributed by atoms with Gasteiger partial charge in [-0.3, -0.25) is 4.79 Å². The Hall–Kier alpha value is -1.56. The summed E-state index contributed by atoms with van der Waals surface area (Å²) >= 11 is 1.78. The molecule has 0 fully saturated rings. The molecule has 1 aliphatic heterocycles. The minimum absolute atomic E-state index is 0.0487. The summed E-state index contributed by atoms with van der Waals surface area (Å²) in [7, 11) is 0. The number of carbonyl (C=O) groups is 1. The normalized spacial score (nSPS) is 14.8. The first-order valence-electron chi connectivity index (χ1n) is 8.07. The predicted molar refractivity (Wildman–Crippen MR) is 92.1 cm³/mol. The van der Waals surface area contributed by atoms with Crippen LogP contribution in [0.2, 0.25) is 0 Å². The van der Waals surface area contributed by atoms with Gasteiger partial charge in [0, 0.05) is 24.5 Å². The number of carbonyl (C=O) groups excluding carboxylic acids is 1. The van der Waals surface area contributed by atoms with E-state index in [1.165, 1.54) is 29.7 Å². The minimum atomic E-state index is 0.0487. The molecule has 0 atom stereocenters. The Morgan fingerprint density at radius 1 is 1.45 bits per heavy atom. The zero-order valence-corrected chi connectivity index (χ0v) is 14.1. The van der Waals surface area contributed by atoms with Crippen molar-refractivity contribution in [1.82, 2.24) is 10.2 Å². The van der Waals surface area contributed by atoms with Crippen LogP contribution in [0, 0.1) is 0 Å². The van der Waals surface area contributed by atoms with Crippen molar-refractivity contribution in [3.8, 4) is 0 Å². The van der Waals surface area contributed by atoms with Crippen LogP contribution >= 0.6 is 11.3 Å². The maximum Gasteiger partial charge on any atom is 0.244 e. The standard InChI is InChI=1S/C16H26N4OS/c1-2-3-4-5-8-18-16(17)19-11-15(21)20-9-6-14-13(12-20)7-10-22-14/h7,10H,2-6,8-9,11-12H2,1H3,(H3,17,18,19). The van der Waals surface area contributed by atoms with E-state index >= 15 is 0 Å². The van der Waals surface area contributed by atoms with Gasteiger partial charge in [0.05, 0.1) is 0 Å². The predicted octanol–water partition coefficient (Wildman–Crippen LogP) is 2.12. The van der Waals surface area contributed by atoms with Gasteiger partial charge in [0.25, 0.3) is 0 Å². The molecule has 6 heteroatoms. The number of amides is 1. The van der Waals surface area contributed by atoms with Gasteiger partial charge in [-0.05, 0) is 29.9 Å². The second-order valence-corrected chi connectivity index (χ2v) is 6.62. The number of nitrogens with zero attached hydrogens (tertiary/aromatic N) is 2. The smallest absolute Gasteiger partial charge is 0.244 e. The van der Waals surface area contributed by atoms with E-state index in [9.17, 15) is 4.79 Å². The van der Waals surface area contributed by atoms with E-state index in [1.54, 1.807) is 11.3 Å². The summed E-state index contributed by atoms with van der Waals surface area (Å²) in [6, 6.07) is 2.11. The van der Waals surface area contributed by atoms with Crippen molar-refractivity contribution in [2.75, 3.05) is 19.6 Å². The summed E-state index contributed by atoms with van der Waals surface area (Å²) in [5, 5.41) is 5.16. The maximum absolute atomic E-state index is 12.2. The van der Waals surface area contributed by atoms with Gasteiger partial charge in [0.1, 0.15) is 6.54 Å². The van der Waals surface area contributed by atoms with Crippen LogP contribution in [0.15, 0.2) is 16.4 Å². The van der Waals surface area contributed by atoms with Crippen LogP contribution in [0.5, 0.6) is 0 Å². The lowest BCUT2D eigenvalue weighted by Crippen LogP contribution is -2.38. The molecular weight excluding hydrogens is 296 g/mol. The van der Waals surface area contributed by atoms with Crippen molar-refractivity contribution in [1.29, 1.82) is 0 Å². The molecule has 0 spiro atoms. The molecule has 1 aromatic heterocycles. The second-order valence-electron chi connectivity index (χ2n) is 5.62. The zero-order chi connectivity index (χ0) is 15.8. The van der Waals surface area contributed by atoms with E-state index in [2.05, 4.69) is 28.7 Å². The van der Waals surface area contributed by atoms with E-state index in [-0.39, 0.29) is 12.5 Å². The molecule has 2 heterocycles. The molecule has 2 rings (SSSR count). The van der Waals surface area contributed by atoms with E-state index in [0.29, 0.717) is 12.5 Å². The van der Waals surface area contributed by atoms with Crippen molar-refractivity contribution in [3.63, 3.8) is 0 Å². The highest BCUT2D eigenvalue weighted by Crippen LogP contribution is 2.23. The minimum Gasteiger partial charge on any atom is -0.370 e. The Balaban J connectivity index is 1.69. The summed E-state index contributed by atoms with van der Waals surface area (Å²) < 4.78 is 0. The number of unbranched alkanes of at least 4 members (excludes halogenated alkanes) is 3. The molecule has 0 saturated carbocycles. The van der Waals surface area contributed by atoms with Crippen LogP contribution in [-0.2, 0) is 17.8 Å². The lowest BCUT2D eigenvalue weighted by molar-refractivity contribution is -0.130. The monoisotopic (exact) mass is 322 g/mol. The first-order chi connectivity index (χ1) is 10.7. The van der Waals surface area contributed by atoms with Gasteiger partial charge in [-0.1, -0.05) is 26.2 Å². The molecule has 0 aromatic carbocycles. The van der Waals surface area contributed by atoms with Crippen LogP contribution in [0.3, 0.4) is 0 Å². The van der Waals surface area contributed by atoms with Crippen molar-refractivity contribution < 1.29 is 4.79 Å². The van der Waals surface area contributed by atoms with Crippen LogP contribution < -0.4 is 11.1 Å². The Bertz CT molecular complexity index is 512. The number of nitrogens with two attached hydrogens (primary N) is 1. The Morgan fingerprint density at radius 2 is 2.32 bits per heavy atom. The van der Waals surface area contributed by atoms with Crippen molar-refractivity contribution in [2.45, 2.75) is 45.6 Å². The van der Waals surface area contributed by atoms with Crippen molar-refractivity contribution in [3.05, 3.63) is 21.9 Å². The molecule has 5 nitrogen and oxygen atoms in total. The molecule has 0 unspecified atom stereocenters. The lowest BCUT2D eigenvalue weighted by atomic mass is 10.1. The van der Waals surface area contributed by atoms with Gasteiger partial charge < -0.3 is 16.0 Å². The van der Waals surface area contributed by atoms with Crippen molar-refractivity contribution in [2.24, 2.45) is 10.7 Å². The summed E-state index contributed by atoms with van der Waals surface area (Å²) in [4.78, 5) is 19.6. The molecule has 0 bridgehead atoms. The highest BCUT2D eigenvalue weighted by Gasteiger charge is 2.20. The quantitative estimate of drug-likeness (QED) is 0.459. The molecular formula is C16H26N4OS. The number of fused-ring (bicyclic) bond motifs is 1. The third-order valence-electron chi connectivity index (χ3n) is 3.88. The first-order valence-corrected chi connectivity index (χ1v) is 8.95. The summed E-state index contributed by atoms with van der Waals surface area (Å²) in [5.41, 5.74) is 7.07. The van der Waals surface area contributed by atoms with Gasteiger partial charge in [-0.2, -0.15) is 0 Å². The third kappa shape index (κ3) is 5.02. The first kappa shape index (κ1) is 16.8. The van der Waals surface area contributed by atoms with Gasteiger partial charge in [-0.15, -0.1) is 11.3 Å². The Morgan fingerprint density at radius 3 is 3.14 bits per heavy atom. The number of nitrogens with one attached hydrogen (secondary N) is 1. The number of thiophene rings is 1. The number of hydrogen-bond donors (Lipinski definition) is 2. The largest absolute Gasteiger partial charge is 0.370 e. The number of rotatable bonds is 7. The number of hydrogen-bond acceptors (Lipinski definition) is 3. The average molecular weight is 322 g/mol. The van der Waals surface area contributed by atoms with E-state index in [0.717, 1.165) is 25.9 Å².